The molecule has 0 heterocycles. The molecule has 7 heteroatoms. The number of nitrogens with one attached hydrogen (secondary N) is 1. The fourth-order valence-corrected chi connectivity index (χ4v) is 0.967. The summed E-state index contributed by atoms with van der Waals surface area (Å²) >= 11 is 0. The number of rotatable bonds is 5. The molecule has 0 rings (SSSR count). The van der Waals surface area contributed by atoms with Crippen molar-refractivity contribution in [1.29, 1.82) is 0 Å². The van der Waals surface area contributed by atoms with Crippen LogP contribution in [0.25, 0.3) is 0 Å². The van der Waals surface area contributed by atoms with Crippen molar-refractivity contribution >= 4 is 18.0 Å². The first-order valence-corrected chi connectivity index (χ1v) is 4.98. The van der Waals surface area contributed by atoms with Crippen LogP contribution in [0.4, 0.5) is 4.79 Å². The largest absolute Gasteiger partial charge is 0.480 e. The first kappa shape index (κ1) is 13.3. The highest BCUT2D eigenvalue weighted by atomic mass is 16.6. The van der Waals surface area contributed by atoms with Crippen molar-refractivity contribution in [2.75, 3.05) is 0 Å². The monoisotopic (exact) mass is 247 g/mol. The topological polar surface area (TPSA) is 119 Å². The van der Waals surface area contributed by atoms with Gasteiger partial charge in [-0.3, -0.25) is 4.79 Å². The third kappa shape index (κ3) is 8.06. The Morgan fingerprint density at radius 3 is 2.53 bits per heavy atom. The number of carbonyl (C=O) groups excluding carboxylic acids is 2. The Labute approximate surface area is 101 Å². The molecule has 1 atom stereocenters. The highest BCUT2D eigenvalue weighted by Gasteiger charge is 2.23. The molecule has 0 fully saturated rings. The maximum Gasteiger partial charge on any atom is 0.408 e. The molecule has 0 saturated carbocycles. The van der Waals surface area contributed by atoms with Gasteiger partial charge in [0.1, 0.15) is 11.6 Å². The molecule has 0 spiro atoms. The molecule has 98 valence electrons. The average Bonchev–Trinajstić information content (AvgIpc) is 2.22. The number of carboxylic acids is 1. The van der Waals surface area contributed by atoms with Gasteiger partial charge < -0.3 is 20.9 Å². The number of carbonyl (C=O) groups is 3. The minimum atomic E-state index is -1.28. The van der Waals surface area contributed by atoms with Gasteiger partial charge in [-0.05, 0) is 27.2 Å². The van der Waals surface area contributed by atoms with Crippen molar-refractivity contribution < 1.29 is 25.6 Å². The van der Waals surface area contributed by atoms with Crippen LogP contribution < -0.4 is 11.1 Å². The minimum Gasteiger partial charge on any atom is -0.480 e. The van der Waals surface area contributed by atoms with Gasteiger partial charge in [0.15, 0.2) is 0 Å². The van der Waals surface area contributed by atoms with Crippen molar-refractivity contribution in [3.63, 3.8) is 0 Å². The molecule has 0 unspecified atom stereocenters. The summed E-state index contributed by atoms with van der Waals surface area (Å²) in [5, 5.41) is 10.9. The quantitative estimate of drug-likeness (QED) is 0.642. The Balaban J connectivity index is 4.37. The van der Waals surface area contributed by atoms with Gasteiger partial charge in [0.05, 0.1) is 0 Å². The normalized spacial score (nSPS) is 13.4. The number of aliphatic carboxylic acids is 1. The standard InChI is InChI=1S/C10H18N2O5/c1-10(2,3)17-9(16)12-6(8(14)15)4-5-7(11)13/h6H,4-5H2,1-3H3,(H2,11,13)(H,12,16)(H,14,15)/t6-/m0/s1/i1D. The van der Waals surface area contributed by atoms with Crippen LogP contribution in [0, 0.1) is 0 Å². The molecule has 0 saturated heterocycles. The molecule has 0 aromatic rings. The summed E-state index contributed by atoms with van der Waals surface area (Å²) < 4.78 is 12.0. The van der Waals surface area contributed by atoms with Crippen LogP contribution in [0.2, 0.25) is 0 Å². The molecule has 17 heavy (non-hydrogen) atoms. The summed E-state index contributed by atoms with van der Waals surface area (Å²) in [7, 11) is 0. The Kier molecular flexibility index (Phi) is 4.74. The second-order valence-electron chi connectivity index (χ2n) is 4.19. The SMILES string of the molecule is [2H]CC(C)(C)OC(=O)N[C@@H](CCC(N)=O)C(=O)O. The van der Waals surface area contributed by atoms with Crippen molar-refractivity contribution in [3.8, 4) is 0 Å². The molecule has 0 aliphatic heterocycles. The van der Waals surface area contributed by atoms with E-state index in [1.54, 1.807) is 0 Å². The second kappa shape index (κ2) is 6.07. The first-order chi connectivity index (χ1) is 8.18. The lowest BCUT2D eigenvalue weighted by Crippen LogP contribution is -2.43. The Morgan fingerprint density at radius 1 is 1.53 bits per heavy atom. The van der Waals surface area contributed by atoms with Gasteiger partial charge in [0.25, 0.3) is 0 Å². The summed E-state index contributed by atoms with van der Waals surface area (Å²) in [4.78, 5) is 32.8. The van der Waals surface area contributed by atoms with Crippen molar-refractivity contribution in [2.24, 2.45) is 5.73 Å². The number of hydrogen-bond donors (Lipinski definition) is 3. The molecule has 0 aliphatic carbocycles. The van der Waals surface area contributed by atoms with Gasteiger partial charge in [0, 0.05) is 7.79 Å². The zero-order chi connectivity index (χ0) is 14.3. The predicted molar refractivity (Wildman–Crippen MR) is 59.2 cm³/mol. The van der Waals surface area contributed by atoms with Gasteiger partial charge in [0.2, 0.25) is 5.91 Å². The van der Waals surface area contributed by atoms with Gasteiger partial charge in [-0.2, -0.15) is 0 Å². The van der Waals surface area contributed by atoms with E-state index in [0.717, 1.165) is 0 Å². The van der Waals surface area contributed by atoms with Crippen LogP contribution in [-0.2, 0) is 14.3 Å². The van der Waals surface area contributed by atoms with Gasteiger partial charge in [-0.1, -0.05) is 0 Å². The van der Waals surface area contributed by atoms with Crippen LogP contribution in [0.15, 0.2) is 0 Å². The number of amides is 2. The molecule has 7 nitrogen and oxygen atoms in total. The highest BCUT2D eigenvalue weighted by molar-refractivity contribution is 5.81. The van der Waals surface area contributed by atoms with Crippen molar-refractivity contribution in [3.05, 3.63) is 0 Å². The second-order valence-corrected chi connectivity index (χ2v) is 4.19. The number of ether oxygens (including phenoxy) is 1. The van der Waals surface area contributed by atoms with E-state index in [1.807, 2.05) is 0 Å². The van der Waals surface area contributed by atoms with Gasteiger partial charge in [-0.25, -0.2) is 9.59 Å². The van der Waals surface area contributed by atoms with Gasteiger partial charge >= 0.3 is 12.1 Å². The Morgan fingerprint density at radius 2 is 2.12 bits per heavy atom. The lowest BCUT2D eigenvalue weighted by Gasteiger charge is -2.21. The smallest absolute Gasteiger partial charge is 0.408 e. The molecular formula is C10H18N2O5. The minimum absolute atomic E-state index is 0.110. The van der Waals surface area contributed by atoms with E-state index in [-0.39, 0.29) is 19.7 Å². The third-order valence-corrected chi connectivity index (χ3v) is 1.64. The van der Waals surface area contributed by atoms with E-state index in [0.29, 0.717) is 0 Å². The summed E-state index contributed by atoms with van der Waals surface area (Å²) in [6, 6.07) is -1.24. The summed E-state index contributed by atoms with van der Waals surface area (Å²) in [6.45, 7) is 2.90. The van der Waals surface area contributed by atoms with Crippen LogP contribution in [0.3, 0.4) is 0 Å². The van der Waals surface area contributed by atoms with E-state index in [4.69, 9.17) is 16.9 Å². The summed E-state index contributed by atoms with van der Waals surface area (Å²) in [5.74, 6) is -1.93. The fourth-order valence-electron chi connectivity index (χ4n) is 0.967. The lowest BCUT2D eigenvalue weighted by atomic mass is 10.1. The van der Waals surface area contributed by atoms with E-state index in [9.17, 15) is 14.4 Å². The highest BCUT2D eigenvalue weighted by Crippen LogP contribution is 2.07. The molecule has 2 amide bonds. The van der Waals surface area contributed by atoms with Crippen LogP contribution in [0.5, 0.6) is 0 Å². The average molecular weight is 247 g/mol. The molecule has 0 aromatic carbocycles. The maximum atomic E-state index is 11.4. The first-order valence-electron chi connectivity index (χ1n) is 5.68. The number of nitrogens with two attached hydrogens (primary N) is 1. The van der Waals surface area contributed by atoms with Crippen LogP contribution in [-0.4, -0.2) is 34.7 Å². The van der Waals surface area contributed by atoms with Gasteiger partial charge in [-0.15, -0.1) is 0 Å². The van der Waals surface area contributed by atoms with Crippen LogP contribution >= 0.6 is 0 Å². The Bertz CT molecular complexity index is 332. The number of carboxylic acid groups (broad SMARTS) is 1. The molecule has 0 aromatic heterocycles. The maximum absolute atomic E-state index is 11.4. The molecule has 0 radical (unpaired) electrons. The Hall–Kier alpha value is -1.79. The van der Waals surface area contributed by atoms with Crippen molar-refractivity contribution in [1.82, 2.24) is 5.32 Å². The summed E-state index contributed by atoms with van der Waals surface area (Å²) in [6.07, 6.45) is -1.20. The fraction of sp³-hybridized carbons (Fsp3) is 0.700. The number of alkyl carbamates (subject to hydrolysis) is 1. The lowest BCUT2D eigenvalue weighted by molar-refractivity contribution is -0.139. The number of primary amides is 1. The summed E-state index contributed by atoms with van der Waals surface area (Å²) in [5.41, 5.74) is 3.89. The van der Waals surface area contributed by atoms with Crippen LogP contribution in [0.1, 0.15) is 35.0 Å². The van der Waals surface area contributed by atoms with E-state index < -0.39 is 29.6 Å². The zero-order valence-electron chi connectivity index (χ0n) is 10.9. The molecular weight excluding hydrogens is 228 g/mol. The molecule has 4 N–H and O–H groups in total. The molecule has 0 bridgehead atoms. The van der Waals surface area contributed by atoms with E-state index in [2.05, 4.69) is 5.32 Å². The number of hydrogen-bond acceptors (Lipinski definition) is 4. The zero-order valence-corrected chi connectivity index (χ0v) is 9.86. The van der Waals surface area contributed by atoms with E-state index >= 15 is 0 Å². The molecule has 0 aliphatic rings. The van der Waals surface area contributed by atoms with Crippen molar-refractivity contribution in [2.45, 2.75) is 45.2 Å². The van der Waals surface area contributed by atoms with E-state index in [1.165, 1.54) is 13.8 Å². The predicted octanol–water partition coefficient (Wildman–Crippen LogP) is 0.230. The third-order valence-electron chi connectivity index (χ3n) is 1.64.